The van der Waals surface area contributed by atoms with Gasteiger partial charge in [-0.3, -0.25) is 9.63 Å². The molecule has 1 N–H and O–H groups in total. The average molecular weight is 287 g/mol. The Balaban J connectivity index is 1.97. The number of thioether (sulfide) groups is 1. The standard InChI is InChI=1S/C13H15F2NO2S/c14-13(15)19-11-8-4-3-7-10(11)12(17)16-18-9-5-1-2-6-9/h3-4,7-9,13H,1-2,5-6H2,(H,16,17). The van der Waals surface area contributed by atoms with E-state index in [1.807, 2.05) is 0 Å². The molecule has 1 amide bonds. The summed E-state index contributed by atoms with van der Waals surface area (Å²) in [7, 11) is 0. The highest BCUT2D eigenvalue weighted by Crippen LogP contribution is 2.28. The number of alkyl halides is 2. The zero-order chi connectivity index (χ0) is 13.7. The molecule has 0 heterocycles. The van der Waals surface area contributed by atoms with E-state index in [1.54, 1.807) is 12.1 Å². The van der Waals surface area contributed by atoms with Gasteiger partial charge in [0.15, 0.2) is 0 Å². The minimum Gasteiger partial charge on any atom is -0.270 e. The second-order valence-electron chi connectivity index (χ2n) is 4.33. The van der Waals surface area contributed by atoms with Crippen molar-refractivity contribution in [1.82, 2.24) is 5.48 Å². The summed E-state index contributed by atoms with van der Waals surface area (Å²) in [5.41, 5.74) is 2.57. The monoisotopic (exact) mass is 287 g/mol. The normalized spacial score (nSPS) is 15.9. The number of carbonyl (C=O) groups is 1. The van der Waals surface area contributed by atoms with Crippen LogP contribution in [0.15, 0.2) is 29.2 Å². The van der Waals surface area contributed by atoms with Crippen LogP contribution in [0.3, 0.4) is 0 Å². The van der Waals surface area contributed by atoms with Crippen LogP contribution in [0.4, 0.5) is 8.78 Å². The third kappa shape index (κ3) is 4.18. The summed E-state index contributed by atoms with van der Waals surface area (Å²) < 4.78 is 24.8. The third-order valence-corrected chi connectivity index (χ3v) is 3.76. The molecule has 0 bridgehead atoms. The van der Waals surface area contributed by atoms with E-state index >= 15 is 0 Å². The maximum absolute atomic E-state index is 12.4. The number of hydrogen-bond acceptors (Lipinski definition) is 3. The molecule has 0 radical (unpaired) electrons. The molecule has 104 valence electrons. The second kappa shape index (κ2) is 6.86. The molecular weight excluding hydrogens is 272 g/mol. The van der Waals surface area contributed by atoms with Crippen molar-refractivity contribution in [2.45, 2.75) is 42.4 Å². The summed E-state index contributed by atoms with van der Waals surface area (Å²) in [5.74, 6) is -3.03. The van der Waals surface area contributed by atoms with E-state index in [-0.39, 0.29) is 16.6 Å². The molecule has 0 saturated heterocycles. The first-order valence-corrected chi connectivity index (χ1v) is 7.04. The maximum Gasteiger partial charge on any atom is 0.288 e. The number of hydroxylamine groups is 1. The number of rotatable bonds is 5. The molecule has 0 atom stereocenters. The lowest BCUT2D eigenvalue weighted by Crippen LogP contribution is -2.28. The van der Waals surface area contributed by atoms with E-state index in [1.165, 1.54) is 12.1 Å². The zero-order valence-electron chi connectivity index (χ0n) is 10.3. The van der Waals surface area contributed by atoms with Crippen LogP contribution in [-0.2, 0) is 4.84 Å². The van der Waals surface area contributed by atoms with Gasteiger partial charge in [-0.15, -0.1) is 0 Å². The van der Waals surface area contributed by atoms with Gasteiger partial charge in [0, 0.05) is 4.90 Å². The summed E-state index contributed by atoms with van der Waals surface area (Å²) in [6, 6.07) is 6.28. The Hall–Kier alpha value is -1.14. The lowest BCUT2D eigenvalue weighted by atomic mass is 10.2. The fourth-order valence-electron chi connectivity index (χ4n) is 2.05. The minimum atomic E-state index is -2.55. The van der Waals surface area contributed by atoms with Crippen LogP contribution in [0.1, 0.15) is 36.0 Å². The Labute approximate surface area is 114 Å². The van der Waals surface area contributed by atoms with Crippen LogP contribution in [0, 0.1) is 0 Å². The van der Waals surface area contributed by atoms with Crippen molar-refractivity contribution in [2.75, 3.05) is 0 Å². The van der Waals surface area contributed by atoms with Crippen molar-refractivity contribution in [1.29, 1.82) is 0 Å². The molecular formula is C13H15F2NO2S. The minimum absolute atomic E-state index is 0.0406. The highest BCUT2D eigenvalue weighted by atomic mass is 32.2. The number of nitrogens with one attached hydrogen (secondary N) is 1. The van der Waals surface area contributed by atoms with Crippen molar-refractivity contribution in [3.63, 3.8) is 0 Å². The van der Waals surface area contributed by atoms with Crippen LogP contribution in [0.25, 0.3) is 0 Å². The highest BCUT2D eigenvalue weighted by molar-refractivity contribution is 7.99. The van der Waals surface area contributed by atoms with Crippen LogP contribution >= 0.6 is 11.8 Å². The van der Waals surface area contributed by atoms with Crippen LogP contribution < -0.4 is 5.48 Å². The van der Waals surface area contributed by atoms with Gasteiger partial charge in [-0.25, -0.2) is 5.48 Å². The lowest BCUT2D eigenvalue weighted by molar-refractivity contribution is -0.0126. The molecule has 1 aliphatic carbocycles. The fraction of sp³-hybridized carbons (Fsp3) is 0.462. The summed E-state index contributed by atoms with van der Waals surface area (Å²) in [4.78, 5) is 17.4. The van der Waals surface area contributed by atoms with Gasteiger partial charge >= 0.3 is 0 Å². The predicted octanol–water partition coefficient (Wildman–Crippen LogP) is 3.61. The summed E-state index contributed by atoms with van der Waals surface area (Å²) in [5, 5.41) is 0. The van der Waals surface area contributed by atoms with Gasteiger partial charge in [-0.05, 0) is 25.0 Å². The molecule has 2 rings (SSSR count). The second-order valence-corrected chi connectivity index (χ2v) is 5.36. The first kappa shape index (κ1) is 14.3. The van der Waals surface area contributed by atoms with Crippen molar-refractivity contribution in [3.05, 3.63) is 29.8 Å². The molecule has 19 heavy (non-hydrogen) atoms. The maximum atomic E-state index is 12.4. The Morgan fingerprint density at radius 2 is 2.00 bits per heavy atom. The smallest absolute Gasteiger partial charge is 0.270 e. The molecule has 1 saturated carbocycles. The Morgan fingerprint density at radius 3 is 2.68 bits per heavy atom. The highest BCUT2D eigenvalue weighted by Gasteiger charge is 2.19. The van der Waals surface area contributed by atoms with E-state index in [4.69, 9.17) is 4.84 Å². The van der Waals surface area contributed by atoms with E-state index in [9.17, 15) is 13.6 Å². The van der Waals surface area contributed by atoms with Crippen LogP contribution in [0.2, 0.25) is 0 Å². The molecule has 1 aromatic carbocycles. The van der Waals surface area contributed by atoms with Crippen molar-refractivity contribution in [3.8, 4) is 0 Å². The number of amides is 1. The van der Waals surface area contributed by atoms with Gasteiger partial charge in [0.2, 0.25) is 0 Å². The summed E-state index contributed by atoms with van der Waals surface area (Å²) >= 11 is 0.362. The van der Waals surface area contributed by atoms with Gasteiger partial charge in [-0.1, -0.05) is 36.7 Å². The van der Waals surface area contributed by atoms with E-state index < -0.39 is 11.7 Å². The summed E-state index contributed by atoms with van der Waals surface area (Å²) in [6.45, 7) is 0. The summed E-state index contributed by atoms with van der Waals surface area (Å²) in [6.07, 6.45) is 4.08. The molecule has 0 spiro atoms. The van der Waals surface area contributed by atoms with Crippen LogP contribution in [-0.4, -0.2) is 17.8 Å². The zero-order valence-corrected chi connectivity index (χ0v) is 11.1. The first-order chi connectivity index (χ1) is 9.16. The Kier molecular flexibility index (Phi) is 5.15. The van der Waals surface area contributed by atoms with E-state index in [0.717, 1.165) is 25.7 Å². The molecule has 0 unspecified atom stereocenters. The Bertz CT molecular complexity index is 436. The molecule has 3 nitrogen and oxygen atoms in total. The molecule has 0 aliphatic heterocycles. The molecule has 1 fully saturated rings. The molecule has 1 aliphatic rings. The fourth-order valence-corrected chi connectivity index (χ4v) is 2.69. The number of benzene rings is 1. The van der Waals surface area contributed by atoms with E-state index in [0.29, 0.717) is 11.8 Å². The van der Waals surface area contributed by atoms with Gasteiger partial charge in [0.25, 0.3) is 11.7 Å². The SMILES string of the molecule is O=C(NOC1CCCC1)c1ccccc1SC(F)F. The van der Waals surface area contributed by atoms with Gasteiger partial charge in [0.1, 0.15) is 0 Å². The van der Waals surface area contributed by atoms with Gasteiger partial charge < -0.3 is 0 Å². The number of hydrogen-bond donors (Lipinski definition) is 1. The molecule has 1 aromatic rings. The van der Waals surface area contributed by atoms with E-state index in [2.05, 4.69) is 5.48 Å². The third-order valence-electron chi connectivity index (χ3n) is 2.97. The quantitative estimate of drug-likeness (QED) is 0.664. The number of halogens is 2. The molecule has 6 heteroatoms. The lowest BCUT2D eigenvalue weighted by Gasteiger charge is -2.13. The predicted molar refractivity (Wildman–Crippen MR) is 69.1 cm³/mol. The van der Waals surface area contributed by atoms with Crippen molar-refractivity contribution < 1.29 is 18.4 Å². The molecule has 0 aromatic heterocycles. The Morgan fingerprint density at radius 1 is 1.32 bits per heavy atom. The van der Waals surface area contributed by atoms with Gasteiger partial charge in [0.05, 0.1) is 11.7 Å². The number of carbonyl (C=O) groups excluding carboxylic acids is 1. The van der Waals surface area contributed by atoms with Gasteiger partial charge in [-0.2, -0.15) is 8.78 Å². The van der Waals surface area contributed by atoms with Crippen molar-refractivity contribution >= 4 is 17.7 Å². The topological polar surface area (TPSA) is 38.3 Å². The van der Waals surface area contributed by atoms with Crippen molar-refractivity contribution in [2.24, 2.45) is 0 Å². The first-order valence-electron chi connectivity index (χ1n) is 6.16. The average Bonchev–Trinajstić information content (AvgIpc) is 2.89. The van der Waals surface area contributed by atoms with Crippen LogP contribution in [0.5, 0.6) is 0 Å². The largest absolute Gasteiger partial charge is 0.288 e.